The molecule has 0 spiro atoms. The summed E-state index contributed by atoms with van der Waals surface area (Å²) >= 11 is 5.89. The molecular formula is C14H15ClF3N3. The lowest BCUT2D eigenvalue weighted by Crippen LogP contribution is -2.08. The molecule has 21 heavy (non-hydrogen) atoms. The van der Waals surface area contributed by atoms with Crippen molar-refractivity contribution in [2.75, 3.05) is 5.32 Å². The second-order valence-corrected chi connectivity index (χ2v) is 5.06. The summed E-state index contributed by atoms with van der Waals surface area (Å²) in [5, 5.41) is 7.38. The third-order valence-corrected chi connectivity index (χ3v) is 3.46. The van der Waals surface area contributed by atoms with E-state index >= 15 is 0 Å². The molecule has 0 aliphatic rings. The molecule has 1 aromatic heterocycles. The van der Waals surface area contributed by atoms with Crippen molar-refractivity contribution in [1.82, 2.24) is 9.78 Å². The van der Waals surface area contributed by atoms with Crippen LogP contribution in [0.25, 0.3) is 0 Å². The quantitative estimate of drug-likeness (QED) is 0.912. The Morgan fingerprint density at radius 1 is 1.29 bits per heavy atom. The van der Waals surface area contributed by atoms with E-state index in [1.54, 1.807) is 4.68 Å². The molecule has 0 radical (unpaired) electrons. The summed E-state index contributed by atoms with van der Waals surface area (Å²) in [4.78, 5) is 0. The predicted molar refractivity (Wildman–Crippen MR) is 76.4 cm³/mol. The van der Waals surface area contributed by atoms with Gasteiger partial charge in [0.2, 0.25) is 0 Å². The summed E-state index contributed by atoms with van der Waals surface area (Å²) in [6, 6.07) is 5.22. The Labute approximate surface area is 125 Å². The van der Waals surface area contributed by atoms with Crippen molar-refractivity contribution in [2.45, 2.75) is 26.1 Å². The first kappa shape index (κ1) is 15.7. The van der Waals surface area contributed by atoms with E-state index in [2.05, 4.69) is 10.4 Å². The molecular weight excluding hydrogens is 303 g/mol. The Bertz CT molecular complexity index is 635. The zero-order valence-electron chi connectivity index (χ0n) is 11.6. The highest BCUT2D eigenvalue weighted by molar-refractivity contribution is 6.33. The zero-order chi connectivity index (χ0) is 15.6. The lowest BCUT2D eigenvalue weighted by atomic mass is 10.2. The number of benzene rings is 1. The molecule has 0 aliphatic heterocycles. The van der Waals surface area contributed by atoms with Crippen LogP contribution in [0.4, 0.5) is 18.9 Å². The number of nitrogens with one attached hydrogen (secondary N) is 1. The van der Waals surface area contributed by atoms with Crippen molar-refractivity contribution in [2.24, 2.45) is 7.05 Å². The maximum Gasteiger partial charge on any atom is 0.416 e. The molecule has 0 fully saturated rings. The molecule has 2 rings (SSSR count). The van der Waals surface area contributed by atoms with Gasteiger partial charge in [0.1, 0.15) is 0 Å². The monoisotopic (exact) mass is 317 g/mol. The average molecular weight is 318 g/mol. The van der Waals surface area contributed by atoms with Crippen molar-refractivity contribution in [3.8, 4) is 0 Å². The van der Waals surface area contributed by atoms with E-state index in [9.17, 15) is 13.2 Å². The maximum absolute atomic E-state index is 12.6. The molecule has 0 aliphatic carbocycles. The average Bonchev–Trinajstić information content (AvgIpc) is 2.77. The highest BCUT2D eigenvalue weighted by atomic mass is 35.5. The molecule has 0 saturated carbocycles. The van der Waals surface area contributed by atoms with Gasteiger partial charge in [-0.15, -0.1) is 0 Å². The summed E-state index contributed by atoms with van der Waals surface area (Å²) in [6.07, 6.45) is -3.56. The Morgan fingerprint density at radius 3 is 2.52 bits per heavy atom. The fourth-order valence-corrected chi connectivity index (χ4v) is 2.18. The summed E-state index contributed by atoms with van der Waals surface area (Å²) in [5.41, 5.74) is 1.60. The van der Waals surface area contributed by atoms with Crippen LogP contribution in [0.2, 0.25) is 5.02 Å². The van der Waals surface area contributed by atoms with Crippen LogP contribution in [-0.4, -0.2) is 9.78 Å². The van der Waals surface area contributed by atoms with Crippen LogP contribution >= 0.6 is 11.6 Å². The van der Waals surface area contributed by atoms with Gasteiger partial charge >= 0.3 is 6.18 Å². The molecule has 7 heteroatoms. The van der Waals surface area contributed by atoms with Crippen molar-refractivity contribution >= 4 is 17.3 Å². The van der Waals surface area contributed by atoms with Crippen LogP contribution in [0.1, 0.15) is 23.9 Å². The summed E-state index contributed by atoms with van der Waals surface area (Å²) in [6.45, 7) is 2.45. The van der Waals surface area contributed by atoms with Gasteiger partial charge in [0, 0.05) is 7.05 Å². The molecule has 0 saturated heterocycles. The zero-order valence-corrected chi connectivity index (χ0v) is 12.4. The molecule has 0 atom stereocenters. The molecule has 2 aromatic rings. The van der Waals surface area contributed by atoms with Crippen LogP contribution in [0, 0.1) is 0 Å². The van der Waals surface area contributed by atoms with E-state index in [0.717, 1.165) is 29.9 Å². The van der Waals surface area contributed by atoms with Gasteiger partial charge in [-0.25, -0.2) is 0 Å². The van der Waals surface area contributed by atoms with Gasteiger partial charge in [0.15, 0.2) is 0 Å². The van der Waals surface area contributed by atoms with Crippen LogP contribution < -0.4 is 5.32 Å². The number of halogens is 4. The summed E-state index contributed by atoms with van der Waals surface area (Å²) in [5.74, 6) is 0. The number of anilines is 1. The number of nitrogens with zero attached hydrogens (tertiary/aromatic N) is 2. The molecule has 1 N–H and O–H groups in total. The van der Waals surface area contributed by atoms with E-state index in [1.807, 2.05) is 20.0 Å². The number of alkyl halides is 3. The minimum atomic E-state index is -4.39. The highest BCUT2D eigenvalue weighted by Gasteiger charge is 2.30. The third-order valence-electron chi connectivity index (χ3n) is 3.15. The second kappa shape index (κ2) is 5.97. The standard InChI is InChI=1S/C14H15ClF3N3/c1-3-10-7-11(21(2)20-10)8-19-13-5-4-9(6-12(13)15)14(16,17)18/h4-7,19H,3,8H2,1-2H3. The number of hydrogen-bond acceptors (Lipinski definition) is 2. The van der Waals surface area contributed by atoms with Gasteiger partial charge in [-0.1, -0.05) is 18.5 Å². The van der Waals surface area contributed by atoms with Crippen molar-refractivity contribution < 1.29 is 13.2 Å². The van der Waals surface area contributed by atoms with E-state index in [4.69, 9.17) is 11.6 Å². The first-order chi connectivity index (χ1) is 9.81. The predicted octanol–water partition coefficient (Wildman–Crippen LogP) is 4.27. The largest absolute Gasteiger partial charge is 0.416 e. The fraction of sp³-hybridized carbons (Fsp3) is 0.357. The van der Waals surface area contributed by atoms with Gasteiger partial charge in [0.25, 0.3) is 0 Å². The molecule has 1 heterocycles. The Kier molecular flexibility index (Phi) is 4.46. The fourth-order valence-electron chi connectivity index (χ4n) is 1.93. The van der Waals surface area contributed by atoms with Crippen molar-refractivity contribution in [3.05, 3.63) is 46.2 Å². The molecule has 0 bridgehead atoms. The highest BCUT2D eigenvalue weighted by Crippen LogP contribution is 2.33. The van der Waals surface area contributed by atoms with E-state index in [-0.39, 0.29) is 5.02 Å². The van der Waals surface area contributed by atoms with Gasteiger partial charge in [-0.05, 0) is 30.7 Å². The minimum Gasteiger partial charge on any atom is -0.378 e. The lowest BCUT2D eigenvalue weighted by Gasteiger charge is -2.11. The Balaban J connectivity index is 2.11. The third kappa shape index (κ3) is 3.69. The Hall–Kier alpha value is -1.69. The molecule has 1 aromatic carbocycles. The summed E-state index contributed by atoms with van der Waals surface area (Å²) < 4.78 is 39.4. The molecule has 0 unspecified atom stereocenters. The van der Waals surface area contributed by atoms with Crippen molar-refractivity contribution in [1.29, 1.82) is 0 Å². The molecule has 0 amide bonds. The molecule has 3 nitrogen and oxygen atoms in total. The van der Waals surface area contributed by atoms with E-state index < -0.39 is 11.7 Å². The SMILES string of the molecule is CCc1cc(CNc2ccc(C(F)(F)F)cc2Cl)n(C)n1. The topological polar surface area (TPSA) is 29.9 Å². The van der Waals surface area contributed by atoms with Gasteiger partial charge in [0.05, 0.1) is 34.2 Å². The number of aromatic nitrogens is 2. The normalized spacial score (nSPS) is 11.7. The maximum atomic E-state index is 12.6. The van der Waals surface area contributed by atoms with Gasteiger partial charge in [-0.2, -0.15) is 18.3 Å². The van der Waals surface area contributed by atoms with Crippen molar-refractivity contribution in [3.63, 3.8) is 0 Å². The number of hydrogen-bond donors (Lipinski definition) is 1. The van der Waals surface area contributed by atoms with E-state index in [1.165, 1.54) is 6.07 Å². The lowest BCUT2D eigenvalue weighted by molar-refractivity contribution is -0.137. The van der Waals surface area contributed by atoms with Crippen LogP contribution in [0.15, 0.2) is 24.3 Å². The number of rotatable bonds is 4. The minimum absolute atomic E-state index is 0.0442. The Morgan fingerprint density at radius 2 is 2.00 bits per heavy atom. The van der Waals surface area contributed by atoms with Crippen LogP contribution in [-0.2, 0) is 26.2 Å². The first-order valence-corrected chi connectivity index (χ1v) is 6.81. The number of aryl methyl sites for hydroxylation is 2. The van der Waals surface area contributed by atoms with Gasteiger partial charge < -0.3 is 5.32 Å². The first-order valence-electron chi connectivity index (χ1n) is 6.43. The van der Waals surface area contributed by atoms with Crippen LogP contribution in [0.3, 0.4) is 0 Å². The van der Waals surface area contributed by atoms with Crippen LogP contribution in [0.5, 0.6) is 0 Å². The molecule has 114 valence electrons. The second-order valence-electron chi connectivity index (χ2n) is 4.65. The van der Waals surface area contributed by atoms with E-state index in [0.29, 0.717) is 12.2 Å². The smallest absolute Gasteiger partial charge is 0.378 e. The summed E-state index contributed by atoms with van der Waals surface area (Å²) in [7, 11) is 1.82. The van der Waals surface area contributed by atoms with Gasteiger partial charge in [-0.3, -0.25) is 4.68 Å².